The van der Waals surface area contributed by atoms with Crippen LogP contribution >= 0.6 is 11.6 Å². The van der Waals surface area contributed by atoms with Gasteiger partial charge in [-0.3, -0.25) is 4.79 Å². The van der Waals surface area contributed by atoms with E-state index in [2.05, 4.69) is 0 Å². The molecule has 0 heterocycles. The molecule has 0 saturated heterocycles. The number of halogens is 2. The fourth-order valence-corrected chi connectivity index (χ4v) is 2.11. The molecule has 0 aromatic heterocycles. The van der Waals surface area contributed by atoms with E-state index in [0.29, 0.717) is 12.0 Å². The zero-order valence-electron chi connectivity index (χ0n) is 11.7. The Labute approximate surface area is 119 Å². The molecule has 2 rings (SSSR count). The van der Waals surface area contributed by atoms with E-state index in [9.17, 15) is 9.18 Å². The molecular formula is C15H21ClFNO. The van der Waals surface area contributed by atoms with E-state index in [1.807, 2.05) is 13.8 Å². The lowest BCUT2D eigenvalue weighted by atomic mass is 9.88. The molecule has 19 heavy (non-hydrogen) atoms. The van der Waals surface area contributed by atoms with Crippen LogP contribution in [0.2, 0.25) is 5.02 Å². The molecule has 0 aliphatic heterocycles. The number of Topliss-reactive ketones (excluding diaryl/α,β-unsaturated/α-hetero) is 1. The van der Waals surface area contributed by atoms with Gasteiger partial charge in [-0.25, -0.2) is 4.39 Å². The Hall–Kier alpha value is -0.930. The van der Waals surface area contributed by atoms with Crippen LogP contribution in [0.15, 0.2) is 18.2 Å². The number of hydrogen-bond acceptors (Lipinski definition) is 2. The number of benzene rings is 1. The average Bonchev–Trinajstić information content (AvgIpc) is 3.11. The normalized spacial score (nSPS) is 17.2. The van der Waals surface area contributed by atoms with Gasteiger partial charge in [-0.2, -0.15) is 0 Å². The molecule has 0 radical (unpaired) electrons. The summed E-state index contributed by atoms with van der Waals surface area (Å²) < 4.78 is 13.4. The lowest BCUT2D eigenvalue weighted by Gasteiger charge is -2.18. The standard InChI is InChI=1S/C13H15ClFNO.C2H6/c1-8(17)10(7-13(16)4-5-13)9-2-3-11(14)12(15)6-9;1-2/h2-3,6,10H,4-5,7,16H2,1H3;1-2H3. The molecule has 1 fully saturated rings. The second-order valence-electron chi connectivity index (χ2n) is 4.90. The average molecular weight is 286 g/mol. The number of carbonyl (C=O) groups is 1. The summed E-state index contributed by atoms with van der Waals surface area (Å²) in [4.78, 5) is 11.6. The maximum absolute atomic E-state index is 13.4. The van der Waals surface area contributed by atoms with Crippen LogP contribution in [0.1, 0.15) is 51.5 Å². The third-order valence-corrected chi connectivity index (χ3v) is 3.65. The quantitative estimate of drug-likeness (QED) is 0.906. The van der Waals surface area contributed by atoms with Crippen molar-refractivity contribution >= 4 is 17.4 Å². The monoisotopic (exact) mass is 285 g/mol. The number of hydrogen-bond donors (Lipinski definition) is 1. The van der Waals surface area contributed by atoms with Crippen LogP contribution in [0.5, 0.6) is 0 Å². The highest BCUT2D eigenvalue weighted by Gasteiger charge is 2.41. The molecule has 2 N–H and O–H groups in total. The summed E-state index contributed by atoms with van der Waals surface area (Å²) in [5.41, 5.74) is 6.45. The molecule has 1 aliphatic carbocycles. The first kappa shape index (κ1) is 16.1. The molecule has 0 amide bonds. The SMILES string of the molecule is CC.CC(=O)C(CC1(N)CC1)c1ccc(Cl)c(F)c1. The van der Waals surface area contributed by atoms with Gasteiger partial charge in [0.25, 0.3) is 0 Å². The van der Waals surface area contributed by atoms with Gasteiger partial charge in [-0.15, -0.1) is 0 Å². The van der Waals surface area contributed by atoms with Gasteiger partial charge < -0.3 is 5.73 Å². The largest absolute Gasteiger partial charge is 0.325 e. The predicted octanol–water partition coefficient (Wildman–Crippen LogP) is 4.06. The zero-order valence-corrected chi connectivity index (χ0v) is 12.4. The molecule has 4 heteroatoms. The van der Waals surface area contributed by atoms with E-state index in [1.165, 1.54) is 19.1 Å². The van der Waals surface area contributed by atoms with Gasteiger partial charge in [0.2, 0.25) is 0 Å². The Bertz CT molecular complexity index is 457. The minimum Gasteiger partial charge on any atom is -0.325 e. The van der Waals surface area contributed by atoms with E-state index in [4.69, 9.17) is 17.3 Å². The van der Waals surface area contributed by atoms with E-state index >= 15 is 0 Å². The van der Waals surface area contributed by atoms with Crippen molar-refractivity contribution in [1.82, 2.24) is 0 Å². The highest BCUT2D eigenvalue weighted by atomic mass is 35.5. The van der Waals surface area contributed by atoms with Crippen molar-refractivity contribution in [3.05, 3.63) is 34.6 Å². The van der Waals surface area contributed by atoms with Crippen LogP contribution in [0.25, 0.3) is 0 Å². The van der Waals surface area contributed by atoms with Crippen LogP contribution in [-0.4, -0.2) is 11.3 Å². The summed E-state index contributed by atoms with van der Waals surface area (Å²) >= 11 is 5.63. The smallest absolute Gasteiger partial charge is 0.142 e. The lowest BCUT2D eigenvalue weighted by molar-refractivity contribution is -0.118. The Morgan fingerprint density at radius 3 is 2.47 bits per heavy atom. The maximum Gasteiger partial charge on any atom is 0.142 e. The second-order valence-corrected chi connectivity index (χ2v) is 5.31. The minimum atomic E-state index is -0.489. The summed E-state index contributed by atoms with van der Waals surface area (Å²) in [5, 5.41) is 0.0740. The summed E-state index contributed by atoms with van der Waals surface area (Å²) in [5.74, 6) is -0.796. The van der Waals surface area contributed by atoms with Crippen LogP contribution in [0.3, 0.4) is 0 Å². The van der Waals surface area contributed by atoms with Crippen LogP contribution in [-0.2, 0) is 4.79 Å². The van der Waals surface area contributed by atoms with Crippen molar-refractivity contribution in [3.8, 4) is 0 Å². The Morgan fingerprint density at radius 1 is 1.47 bits per heavy atom. The molecule has 0 spiro atoms. The van der Waals surface area contributed by atoms with Crippen LogP contribution in [0, 0.1) is 5.82 Å². The first-order valence-corrected chi connectivity index (χ1v) is 7.03. The van der Waals surface area contributed by atoms with Crippen molar-refractivity contribution in [3.63, 3.8) is 0 Å². The molecule has 2 nitrogen and oxygen atoms in total. The molecule has 1 aromatic rings. The van der Waals surface area contributed by atoms with E-state index < -0.39 is 5.82 Å². The Morgan fingerprint density at radius 2 is 2.05 bits per heavy atom. The second kappa shape index (κ2) is 6.49. The predicted molar refractivity (Wildman–Crippen MR) is 76.9 cm³/mol. The highest BCUT2D eigenvalue weighted by Crippen LogP contribution is 2.41. The maximum atomic E-state index is 13.4. The van der Waals surface area contributed by atoms with Crippen molar-refractivity contribution < 1.29 is 9.18 Å². The Balaban J connectivity index is 0.000000861. The third-order valence-electron chi connectivity index (χ3n) is 3.34. The summed E-state index contributed by atoms with van der Waals surface area (Å²) in [6.45, 7) is 5.52. The zero-order chi connectivity index (χ0) is 14.6. The topological polar surface area (TPSA) is 43.1 Å². The van der Waals surface area contributed by atoms with Gasteiger partial charge in [0.1, 0.15) is 11.6 Å². The summed E-state index contributed by atoms with van der Waals surface area (Å²) in [7, 11) is 0. The van der Waals surface area contributed by atoms with Crippen molar-refractivity contribution in [2.45, 2.75) is 51.5 Å². The fourth-order valence-electron chi connectivity index (χ4n) is 2.00. The van der Waals surface area contributed by atoms with Gasteiger partial charge in [-0.1, -0.05) is 31.5 Å². The minimum absolute atomic E-state index is 0.0171. The van der Waals surface area contributed by atoms with Gasteiger partial charge >= 0.3 is 0 Å². The van der Waals surface area contributed by atoms with Crippen LogP contribution in [0.4, 0.5) is 4.39 Å². The molecular weight excluding hydrogens is 265 g/mol. The molecule has 0 bridgehead atoms. The molecule has 106 valence electrons. The fraction of sp³-hybridized carbons (Fsp3) is 0.533. The van der Waals surface area contributed by atoms with E-state index in [0.717, 1.165) is 12.8 Å². The molecule has 1 saturated carbocycles. The molecule has 1 unspecified atom stereocenters. The molecule has 1 aliphatic rings. The number of ketones is 1. The van der Waals surface area contributed by atoms with Gasteiger partial charge in [-0.05, 0) is 43.9 Å². The first-order valence-electron chi connectivity index (χ1n) is 6.66. The summed E-state index contributed by atoms with van der Waals surface area (Å²) in [6.07, 6.45) is 2.46. The molecule has 1 aromatic carbocycles. The van der Waals surface area contributed by atoms with E-state index in [-0.39, 0.29) is 22.3 Å². The van der Waals surface area contributed by atoms with Crippen molar-refractivity contribution in [2.75, 3.05) is 0 Å². The van der Waals surface area contributed by atoms with Crippen molar-refractivity contribution in [1.29, 1.82) is 0 Å². The van der Waals surface area contributed by atoms with E-state index in [1.54, 1.807) is 6.07 Å². The Kier molecular flexibility index (Phi) is 5.50. The summed E-state index contributed by atoms with van der Waals surface area (Å²) in [6, 6.07) is 4.52. The van der Waals surface area contributed by atoms with Gasteiger partial charge in [0, 0.05) is 11.5 Å². The van der Waals surface area contributed by atoms with Gasteiger partial charge in [0.15, 0.2) is 0 Å². The third kappa shape index (κ3) is 4.29. The molecule has 1 atom stereocenters. The number of carbonyl (C=O) groups excluding carboxylic acids is 1. The highest BCUT2D eigenvalue weighted by molar-refractivity contribution is 6.30. The van der Waals surface area contributed by atoms with Crippen molar-refractivity contribution in [2.24, 2.45) is 5.73 Å². The number of rotatable bonds is 4. The van der Waals surface area contributed by atoms with Gasteiger partial charge in [0.05, 0.1) is 5.02 Å². The number of nitrogens with two attached hydrogens (primary N) is 1. The van der Waals surface area contributed by atoms with Crippen LogP contribution < -0.4 is 5.73 Å². The first-order chi connectivity index (χ1) is 8.91. The lowest BCUT2D eigenvalue weighted by Crippen LogP contribution is -2.27.